The fourth-order valence-electron chi connectivity index (χ4n) is 0.349. The number of hydrogen-bond donors (Lipinski definition) is 1. The fraction of sp³-hybridized carbons (Fsp3) is 1.00. The highest BCUT2D eigenvalue weighted by molar-refractivity contribution is 7.51. The van der Waals surface area contributed by atoms with E-state index in [1.165, 1.54) is 0 Å². The molecule has 0 aromatic rings. The molecule has 9 heavy (non-hydrogen) atoms. The number of alkyl halides is 3. The van der Waals surface area contributed by atoms with Gasteiger partial charge in [-0.3, -0.25) is 0 Å². The zero-order valence-corrected chi connectivity index (χ0v) is 5.77. The third-order valence-electron chi connectivity index (χ3n) is 0.792. The number of halogens is 3. The van der Waals surface area contributed by atoms with Gasteiger partial charge < -0.3 is 17.1 Å². The van der Waals surface area contributed by atoms with Gasteiger partial charge in [0.05, 0.1) is 6.54 Å². The van der Waals surface area contributed by atoms with E-state index >= 15 is 0 Å². The predicted molar refractivity (Wildman–Crippen MR) is 29.8 cm³/mol. The Morgan fingerprint density at radius 3 is 2.00 bits per heavy atom. The van der Waals surface area contributed by atoms with Crippen LogP contribution in [0.2, 0.25) is 0 Å². The van der Waals surface area contributed by atoms with E-state index in [9.17, 15) is 13.2 Å². The van der Waals surface area contributed by atoms with Gasteiger partial charge in [-0.05, 0) is 6.92 Å². The molecule has 0 aromatic heterocycles. The Kier molecular flexibility index (Phi) is 3.35. The highest BCUT2D eigenvalue weighted by Crippen LogP contribution is 2.10. The van der Waals surface area contributed by atoms with E-state index in [-0.39, 0.29) is 4.31 Å². The van der Waals surface area contributed by atoms with Gasteiger partial charge in [-0.25, -0.2) is 0 Å². The molecule has 0 aliphatic carbocycles. The lowest BCUT2D eigenvalue weighted by Crippen LogP contribution is -3.08. The van der Waals surface area contributed by atoms with Crippen LogP contribution in [0.25, 0.3) is 0 Å². The molecular formula is C4H8F3NS. The molecule has 1 nitrogen and oxygen atoms in total. The maximum atomic E-state index is 11.4. The third kappa shape index (κ3) is 5.98. The van der Waals surface area contributed by atoms with Crippen LogP contribution in [-0.2, 0) is 12.8 Å². The highest BCUT2D eigenvalue weighted by Gasteiger charge is 2.29. The van der Waals surface area contributed by atoms with Crippen molar-refractivity contribution in [1.29, 1.82) is 0 Å². The predicted octanol–water partition coefficient (Wildman–Crippen LogP) is -0.0846. The van der Waals surface area contributed by atoms with E-state index in [0.717, 1.165) is 0 Å². The van der Waals surface area contributed by atoms with Gasteiger partial charge >= 0.3 is 6.18 Å². The van der Waals surface area contributed by atoms with Crippen LogP contribution in [0.15, 0.2) is 0 Å². The molecule has 0 aromatic carbocycles. The maximum Gasteiger partial charge on any atom is 0.436 e. The average Bonchev–Trinajstić information content (AvgIpc) is 1.62. The summed E-state index contributed by atoms with van der Waals surface area (Å²) in [5, 5.41) is 0. The summed E-state index contributed by atoms with van der Waals surface area (Å²) in [5.74, 6) is 0. The van der Waals surface area contributed by atoms with Gasteiger partial charge in [-0.2, -0.15) is 13.2 Å². The van der Waals surface area contributed by atoms with E-state index in [1.807, 2.05) is 0 Å². The lowest BCUT2D eigenvalue weighted by molar-refractivity contribution is -0.767. The fourth-order valence-corrected chi connectivity index (χ4v) is 0.512. The van der Waals surface area contributed by atoms with Gasteiger partial charge in [0.2, 0.25) is 0 Å². The van der Waals surface area contributed by atoms with Crippen molar-refractivity contribution >= 4 is 12.8 Å². The van der Waals surface area contributed by atoms with Crippen molar-refractivity contribution in [2.45, 2.75) is 13.1 Å². The van der Waals surface area contributed by atoms with Crippen molar-refractivity contribution in [1.82, 2.24) is 0 Å². The van der Waals surface area contributed by atoms with Crippen molar-refractivity contribution in [2.75, 3.05) is 13.1 Å². The molecule has 56 valence electrons. The molecule has 0 saturated carbocycles. The molecule has 0 fully saturated rings. The summed E-state index contributed by atoms with van der Waals surface area (Å²) in [7, 11) is 0. The zero-order valence-electron chi connectivity index (χ0n) is 4.96. The summed E-state index contributed by atoms with van der Waals surface area (Å²) >= 11 is 4.38. The first-order chi connectivity index (χ1) is 3.95. The van der Waals surface area contributed by atoms with Crippen LogP contribution in [-0.4, -0.2) is 19.3 Å². The molecule has 0 aliphatic heterocycles. The van der Waals surface area contributed by atoms with Crippen LogP contribution in [0.5, 0.6) is 0 Å². The van der Waals surface area contributed by atoms with Gasteiger partial charge in [0.15, 0.2) is 6.54 Å². The number of hydrogen-bond acceptors (Lipinski definition) is 1. The number of rotatable bonds is 2. The van der Waals surface area contributed by atoms with E-state index < -0.39 is 12.7 Å². The molecule has 0 amide bonds. The van der Waals surface area contributed by atoms with Gasteiger partial charge in [-0.1, -0.05) is 0 Å². The van der Waals surface area contributed by atoms with E-state index in [0.29, 0.717) is 6.54 Å². The van der Waals surface area contributed by atoms with Crippen molar-refractivity contribution < 1.29 is 17.5 Å². The van der Waals surface area contributed by atoms with Gasteiger partial charge in [-0.15, -0.1) is 0 Å². The molecule has 0 saturated heterocycles. The first-order valence-corrected chi connectivity index (χ1v) is 2.95. The summed E-state index contributed by atoms with van der Waals surface area (Å²) in [6.07, 6.45) is -4.12. The molecule has 0 radical (unpaired) electrons. The molecule has 0 aliphatic rings. The SMILES string of the molecule is CC[NH+]([S-])CC(F)(F)F. The van der Waals surface area contributed by atoms with Gasteiger partial charge in [0, 0.05) is 0 Å². The topological polar surface area (TPSA) is 4.44 Å². The van der Waals surface area contributed by atoms with Crippen molar-refractivity contribution in [3.63, 3.8) is 0 Å². The maximum absolute atomic E-state index is 11.4. The van der Waals surface area contributed by atoms with Gasteiger partial charge in [0.25, 0.3) is 0 Å². The summed E-state index contributed by atoms with van der Waals surface area (Å²) < 4.78 is 34.3. The Balaban J connectivity index is 3.47. The summed E-state index contributed by atoms with van der Waals surface area (Å²) in [5.41, 5.74) is 0. The van der Waals surface area contributed by atoms with Crippen LogP contribution in [0.1, 0.15) is 6.92 Å². The third-order valence-corrected chi connectivity index (χ3v) is 1.22. The molecule has 1 atom stereocenters. The summed E-state index contributed by atoms with van der Waals surface area (Å²) in [4.78, 5) is 0. The first-order valence-electron chi connectivity index (χ1n) is 2.54. The minimum absolute atomic E-state index is 0.0718. The van der Waals surface area contributed by atoms with Crippen LogP contribution < -0.4 is 4.31 Å². The molecule has 1 unspecified atom stereocenters. The molecule has 5 heteroatoms. The second-order valence-corrected chi connectivity index (χ2v) is 2.26. The quantitative estimate of drug-likeness (QED) is 0.552. The standard InChI is InChI=1S/C4H8F3NS/c1-2-8(9)3-4(5,6)7/h8H,2-3H2,1H3. The molecule has 0 heterocycles. The lowest BCUT2D eigenvalue weighted by Gasteiger charge is -2.22. The van der Waals surface area contributed by atoms with Crippen LogP contribution in [0.4, 0.5) is 13.2 Å². The summed E-state index contributed by atoms with van der Waals surface area (Å²) in [6.45, 7) is 1.03. The Morgan fingerprint density at radius 1 is 1.44 bits per heavy atom. The first kappa shape index (κ1) is 9.10. The number of quaternary nitrogens is 1. The van der Waals surface area contributed by atoms with Gasteiger partial charge in [0.1, 0.15) is 0 Å². The molecule has 0 bridgehead atoms. The van der Waals surface area contributed by atoms with Crippen LogP contribution in [0, 0.1) is 0 Å². The molecule has 1 N–H and O–H groups in total. The Hall–Kier alpha value is 0.100. The molecule has 0 rings (SSSR count). The largest absolute Gasteiger partial charge is 0.496 e. The van der Waals surface area contributed by atoms with Crippen molar-refractivity contribution in [3.8, 4) is 0 Å². The van der Waals surface area contributed by atoms with Crippen LogP contribution >= 0.6 is 0 Å². The second-order valence-electron chi connectivity index (χ2n) is 1.68. The minimum Gasteiger partial charge on any atom is -0.496 e. The summed E-state index contributed by atoms with van der Waals surface area (Å²) in [6, 6.07) is 0. The Morgan fingerprint density at radius 2 is 1.89 bits per heavy atom. The Bertz CT molecular complexity index is 82.4. The van der Waals surface area contributed by atoms with Crippen LogP contribution in [0.3, 0.4) is 0 Å². The number of nitrogens with one attached hydrogen (secondary N) is 1. The molecular weight excluding hydrogens is 151 g/mol. The Labute approximate surface area is 57.4 Å². The van der Waals surface area contributed by atoms with E-state index in [2.05, 4.69) is 12.8 Å². The highest BCUT2D eigenvalue weighted by atomic mass is 32.1. The second kappa shape index (κ2) is 3.31. The zero-order chi connectivity index (χ0) is 7.49. The van der Waals surface area contributed by atoms with Crippen molar-refractivity contribution in [3.05, 3.63) is 0 Å². The lowest BCUT2D eigenvalue weighted by atomic mass is 10.6. The minimum atomic E-state index is -4.12. The van der Waals surface area contributed by atoms with E-state index in [1.54, 1.807) is 6.92 Å². The smallest absolute Gasteiger partial charge is 0.436 e. The van der Waals surface area contributed by atoms with E-state index in [4.69, 9.17) is 0 Å². The monoisotopic (exact) mass is 159 g/mol. The normalized spacial score (nSPS) is 15.7. The van der Waals surface area contributed by atoms with Crippen molar-refractivity contribution in [2.24, 2.45) is 0 Å². The molecule has 0 spiro atoms. The average molecular weight is 159 g/mol.